The highest BCUT2D eigenvalue weighted by Gasteiger charge is 2.03. The molecular weight excluding hydrogens is 290 g/mol. The van der Waals surface area contributed by atoms with Crippen molar-refractivity contribution in [1.29, 1.82) is 0 Å². The maximum Gasteiger partial charge on any atom is 0.229 e. The molecule has 0 spiro atoms. The number of hydrogen-bond donors (Lipinski definition) is 1. The van der Waals surface area contributed by atoms with E-state index in [9.17, 15) is 8.42 Å². The second-order valence-electron chi connectivity index (χ2n) is 3.55. The zero-order chi connectivity index (χ0) is 11.8. The molecule has 3 nitrogen and oxygen atoms in total. The van der Waals surface area contributed by atoms with E-state index in [-0.39, 0.29) is 0 Å². The van der Waals surface area contributed by atoms with E-state index in [4.69, 9.17) is 0 Å². The average molecular weight is 300 g/mol. The molecule has 0 saturated carbocycles. The first-order valence-corrected chi connectivity index (χ1v) is 7.30. The minimum absolute atomic E-state index is 0.577. The lowest BCUT2D eigenvalue weighted by molar-refractivity contribution is 0.607. The van der Waals surface area contributed by atoms with Crippen molar-refractivity contribution in [3.05, 3.63) is 40.9 Å². The van der Waals surface area contributed by atoms with Crippen LogP contribution in [0.25, 0.3) is 10.8 Å². The molecule has 2 rings (SSSR count). The first kappa shape index (κ1) is 11.4. The molecule has 0 atom stereocenters. The van der Waals surface area contributed by atoms with Crippen LogP contribution < -0.4 is 4.72 Å². The SMILES string of the molecule is CS(=O)(=O)Nc1ccc2c(Br)cccc2c1. The lowest BCUT2D eigenvalue weighted by Gasteiger charge is -2.06. The van der Waals surface area contributed by atoms with Gasteiger partial charge in [-0.3, -0.25) is 4.72 Å². The summed E-state index contributed by atoms with van der Waals surface area (Å²) in [4.78, 5) is 0. The summed E-state index contributed by atoms with van der Waals surface area (Å²) in [6.07, 6.45) is 1.14. The zero-order valence-corrected chi connectivity index (χ0v) is 11.0. The molecule has 0 fully saturated rings. The van der Waals surface area contributed by atoms with Gasteiger partial charge in [0.1, 0.15) is 0 Å². The van der Waals surface area contributed by atoms with Crippen LogP contribution in [0.15, 0.2) is 40.9 Å². The minimum Gasteiger partial charge on any atom is -0.284 e. The molecule has 0 amide bonds. The highest BCUT2D eigenvalue weighted by molar-refractivity contribution is 9.10. The molecule has 0 aliphatic rings. The molecule has 0 aliphatic heterocycles. The predicted molar refractivity (Wildman–Crippen MR) is 70.1 cm³/mol. The minimum atomic E-state index is -3.22. The van der Waals surface area contributed by atoms with Gasteiger partial charge in [-0.15, -0.1) is 0 Å². The fourth-order valence-corrected chi connectivity index (χ4v) is 2.59. The summed E-state index contributed by atoms with van der Waals surface area (Å²) in [6.45, 7) is 0. The Morgan fingerprint density at radius 1 is 1.19 bits per heavy atom. The molecule has 0 aliphatic carbocycles. The van der Waals surface area contributed by atoms with Crippen molar-refractivity contribution in [3.63, 3.8) is 0 Å². The van der Waals surface area contributed by atoms with Gasteiger partial charge >= 0.3 is 0 Å². The summed E-state index contributed by atoms with van der Waals surface area (Å²) < 4.78 is 25.6. The smallest absolute Gasteiger partial charge is 0.229 e. The summed E-state index contributed by atoms with van der Waals surface area (Å²) in [5, 5.41) is 2.05. The first-order chi connectivity index (χ1) is 7.46. The second-order valence-corrected chi connectivity index (χ2v) is 6.15. The van der Waals surface area contributed by atoms with Gasteiger partial charge in [-0.2, -0.15) is 0 Å². The van der Waals surface area contributed by atoms with Gasteiger partial charge < -0.3 is 0 Å². The van der Waals surface area contributed by atoms with Gasteiger partial charge in [0.05, 0.1) is 6.26 Å². The lowest BCUT2D eigenvalue weighted by Crippen LogP contribution is -2.09. The van der Waals surface area contributed by atoms with Gasteiger partial charge in [0.25, 0.3) is 0 Å². The van der Waals surface area contributed by atoms with E-state index in [0.29, 0.717) is 5.69 Å². The highest BCUT2D eigenvalue weighted by Crippen LogP contribution is 2.26. The van der Waals surface area contributed by atoms with Gasteiger partial charge in [0.2, 0.25) is 10.0 Å². The molecule has 2 aromatic carbocycles. The van der Waals surface area contributed by atoms with Crippen molar-refractivity contribution in [3.8, 4) is 0 Å². The Balaban J connectivity index is 2.53. The van der Waals surface area contributed by atoms with Gasteiger partial charge in [-0.1, -0.05) is 34.1 Å². The van der Waals surface area contributed by atoms with Crippen molar-refractivity contribution in [2.45, 2.75) is 0 Å². The van der Waals surface area contributed by atoms with E-state index >= 15 is 0 Å². The third-order valence-corrected chi connectivity index (χ3v) is 3.43. The molecule has 0 heterocycles. The summed E-state index contributed by atoms with van der Waals surface area (Å²) in [6, 6.07) is 11.2. The summed E-state index contributed by atoms with van der Waals surface area (Å²) in [5.74, 6) is 0. The monoisotopic (exact) mass is 299 g/mol. The maximum atomic E-state index is 11.1. The van der Waals surface area contributed by atoms with Gasteiger partial charge in [-0.25, -0.2) is 8.42 Å². The molecular formula is C11H10BrNO2S. The molecule has 0 saturated heterocycles. The van der Waals surface area contributed by atoms with E-state index in [1.54, 1.807) is 12.1 Å². The largest absolute Gasteiger partial charge is 0.284 e. The number of anilines is 1. The quantitative estimate of drug-likeness (QED) is 0.927. The van der Waals surface area contributed by atoms with Crippen LogP contribution in [0.1, 0.15) is 0 Å². The van der Waals surface area contributed by atoms with Crippen LogP contribution in [-0.4, -0.2) is 14.7 Å². The third kappa shape index (κ3) is 2.54. The fourth-order valence-electron chi connectivity index (χ4n) is 1.52. The van der Waals surface area contributed by atoms with E-state index in [0.717, 1.165) is 21.5 Å². The molecule has 0 radical (unpaired) electrons. The Hall–Kier alpha value is -1.07. The molecule has 5 heteroatoms. The Morgan fingerprint density at radius 2 is 1.94 bits per heavy atom. The normalized spacial score (nSPS) is 11.6. The molecule has 2 aromatic rings. The van der Waals surface area contributed by atoms with E-state index in [2.05, 4.69) is 20.7 Å². The standard InChI is InChI=1S/C11H10BrNO2S/c1-16(14,15)13-9-5-6-10-8(7-9)3-2-4-11(10)12/h2-7,13H,1H3. The maximum absolute atomic E-state index is 11.1. The molecule has 0 bridgehead atoms. The van der Waals surface area contributed by atoms with Crippen molar-refractivity contribution in [1.82, 2.24) is 0 Å². The van der Waals surface area contributed by atoms with Crippen LogP contribution >= 0.6 is 15.9 Å². The summed E-state index contributed by atoms with van der Waals surface area (Å²) >= 11 is 3.44. The summed E-state index contributed by atoms with van der Waals surface area (Å²) in [5.41, 5.74) is 0.577. The molecule has 1 N–H and O–H groups in total. The van der Waals surface area contributed by atoms with Crippen molar-refractivity contribution >= 4 is 42.4 Å². The Morgan fingerprint density at radius 3 is 2.62 bits per heavy atom. The van der Waals surface area contributed by atoms with E-state index in [1.807, 2.05) is 24.3 Å². The highest BCUT2D eigenvalue weighted by atomic mass is 79.9. The third-order valence-electron chi connectivity index (χ3n) is 2.13. The summed E-state index contributed by atoms with van der Waals surface area (Å²) in [7, 11) is -3.22. The fraction of sp³-hybridized carbons (Fsp3) is 0.0909. The number of nitrogens with one attached hydrogen (secondary N) is 1. The van der Waals surface area contributed by atoms with Gasteiger partial charge in [-0.05, 0) is 29.0 Å². The number of fused-ring (bicyclic) bond motifs is 1. The Labute approximate surface area is 103 Å². The molecule has 0 unspecified atom stereocenters. The van der Waals surface area contributed by atoms with Crippen LogP contribution in [0.2, 0.25) is 0 Å². The van der Waals surface area contributed by atoms with Crippen molar-refractivity contribution in [2.24, 2.45) is 0 Å². The van der Waals surface area contributed by atoms with Gasteiger partial charge in [0, 0.05) is 10.2 Å². The predicted octanol–water partition coefficient (Wildman–Crippen LogP) is 2.97. The number of halogens is 1. The Kier molecular flexibility index (Phi) is 2.90. The average Bonchev–Trinajstić information content (AvgIpc) is 2.15. The van der Waals surface area contributed by atoms with Crippen LogP contribution in [0.4, 0.5) is 5.69 Å². The van der Waals surface area contributed by atoms with Gasteiger partial charge in [0.15, 0.2) is 0 Å². The first-order valence-electron chi connectivity index (χ1n) is 4.62. The number of hydrogen-bond acceptors (Lipinski definition) is 2. The van der Waals surface area contributed by atoms with Crippen LogP contribution in [0.3, 0.4) is 0 Å². The lowest BCUT2D eigenvalue weighted by atomic mass is 10.1. The van der Waals surface area contributed by atoms with E-state index in [1.165, 1.54) is 0 Å². The number of sulfonamides is 1. The second kappa shape index (κ2) is 4.07. The zero-order valence-electron chi connectivity index (χ0n) is 8.57. The molecule has 16 heavy (non-hydrogen) atoms. The molecule has 0 aromatic heterocycles. The Bertz CT molecular complexity index is 637. The van der Waals surface area contributed by atoms with E-state index < -0.39 is 10.0 Å². The van der Waals surface area contributed by atoms with Crippen molar-refractivity contribution < 1.29 is 8.42 Å². The van der Waals surface area contributed by atoms with Crippen LogP contribution in [0.5, 0.6) is 0 Å². The number of benzene rings is 2. The molecule has 84 valence electrons. The topological polar surface area (TPSA) is 46.2 Å². The van der Waals surface area contributed by atoms with Crippen LogP contribution in [-0.2, 0) is 10.0 Å². The van der Waals surface area contributed by atoms with Crippen molar-refractivity contribution in [2.75, 3.05) is 11.0 Å². The van der Waals surface area contributed by atoms with Crippen LogP contribution in [0, 0.1) is 0 Å². The number of rotatable bonds is 2.